The predicted molar refractivity (Wildman–Crippen MR) is 73.1 cm³/mol. The Kier molecular flexibility index (Phi) is 2.93. The van der Waals surface area contributed by atoms with Crippen molar-refractivity contribution >= 4 is 17.0 Å². The van der Waals surface area contributed by atoms with Crippen LogP contribution in [0.25, 0.3) is 11.0 Å². The highest BCUT2D eigenvalue weighted by Gasteiger charge is 2.22. The Morgan fingerprint density at radius 2 is 2.10 bits per heavy atom. The molecule has 0 radical (unpaired) electrons. The second kappa shape index (κ2) is 4.63. The third kappa shape index (κ3) is 2.13. The number of aromatic amines is 1. The van der Waals surface area contributed by atoms with Crippen LogP contribution in [0.3, 0.4) is 0 Å². The van der Waals surface area contributed by atoms with E-state index in [1.807, 2.05) is 0 Å². The highest BCUT2D eigenvalue weighted by molar-refractivity contribution is 6.00. The van der Waals surface area contributed by atoms with Gasteiger partial charge in [-0.05, 0) is 24.5 Å². The number of carbonyl (C=O) groups is 1. The third-order valence-corrected chi connectivity index (χ3v) is 3.68. The molecule has 0 bridgehead atoms. The number of carboxylic acid groups (broad SMARTS) is 1. The molecule has 0 spiro atoms. The second-order valence-electron chi connectivity index (χ2n) is 5.15. The van der Waals surface area contributed by atoms with E-state index in [1.54, 1.807) is 12.1 Å². The largest absolute Gasteiger partial charge is 0.478 e. The van der Waals surface area contributed by atoms with Crippen molar-refractivity contribution in [3.8, 4) is 0 Å². The quantitative estimate of drug-likeness (QED) is 0.819. The maximum Gasteiger partial charge on any atom is 0.337 e. The molecule has 1 aliphatic carbocycles. The molecule has 1 saturated carbocycles. The lowest BCUT2D eigenvalue weighted by molar-refractivity contribution is 0.0698. The fourth-order valence-electron chi connectivity index (χ4n) is 2.44. The van der Waals surface area contributed by atoms with Gasteiger partial charge in [-0.25, -0.2) is 4.79 Å². The normalized spacial score (nSPS) is 14.6. The minimum atomic E-state index is -1.11. The highest BCUT2D eigenvalue weighted by Crippen LogP contribution is 2.32. The van der Waals surface area contributed by atoms with Crippen LogP contribution in [0.1, 0.15) is 29.6 Å². The van der Waals surface area contributed by atoms with E-state index in [0.717, 1.165) is 19.3 Å². The Morgan fingerprint density at radius 1 is 1.35 bits per heavy atom. The van der Waals surface area contributed by atoms with Gasteiger partial charge in [0.2, 0.25) is 0 Å². The molecular weight excluding hydrogens is 260 g/mol. The first-order valence-corrected chi connectivity index (χ1v) is 6.57. The highest BCUT2D eigenvalue weighted by atomic mass is 16.4. The first-order valence-electron chi connectivity index (χ1n) is 6.57. The number of nitrogens with one attached hydrogen (secondary N) is 1. The molecule has 1 aromatic carbocycles. The molecule has 1 heterocycles. The zero-order chi connectivity index (χ0) is 14.3. The number of benzene rings is 1. The minimum Gasteiger partial charge on any atom is -0.478 e. The molecule has 1 aliphatic rings. The van der Waals surface area contributed by atoms with Crippen molar-refractivity contribution in [2.45, 2.75) is 25.8 Å². The summed E-state index contributed by atoms with van der Waals surface area (Å²) in [6, 6.07) is 4.60. The van der Waals surface area contributed by atoms with Crippen molar-refractivity contribution in [2.75, 3.05) is 0 Å². The van der Waals surface area contributed by atoms with E-state index in [9.17, 15) is 19.5 Å². The topological polar surface area (TPSA) is 92.2 Å². The molecule has 0 unspecified atom stereocenters. The maximum atomic E-state index is 12.0. The van der Waals surface area contributed by atoms with Crippen LogP contribution in [0, 0.1) is 5.92 Å². The molecule has 3 rings (SSSR count). The molecule has 0 amide bonds. The van der Waals surface area contributed by atoms with Crippen LogP contribution in [0.5, 0.6) is 0 Å². The Labute approximate surface area is 113 Å². The summed E-state index contributed by atoms with van der Waals surface area (Å²) in [5.74, 6) is -0.518. The Morgan fingerprint density at radius 3 is 2.75 bits per heavy atom. The summed E-state index contributed by atoms with van der Waals surface area (Å²) < 4.78 is 1.30. The van der Waals surface area contributed by atoms with Gasteiger partial charge >= 0.3 is 17.1 Å². The van der Waals surface area contributed by atoms with Gasteiger partial charge in [0.1, 0.15) is 0 Å². The molecule has 6 heteroatoms. The number of fused-ring (bicyclic) bond motifs is 1. The molecule has 2 N–H and O–H groups in total. The van der Waals surface area contributed by atoms with Gasteiger partial charge in [0, 0.05) is 6.54 Å². The molecule has 20 heavy (non-hydrogen) atoms. The summed E-state index contributed by atoms with van der Waals surface area (Å²) in [4.78, 5) is 37.4. The van der Waals surface area contributed by atoms with E-state index >= 15 is 0 Å². The average molecular weight is 274 g/mol. The van der Waals surface area contributed by atoms with E-state index in [-0.39, 0.29) is 5.56 Å². The van der Waals surface area contributed by atoms with Crippen LogP contribution in [-0.4, -0.2) is 20.6 Å². The number of rotatable bonds is 4. The van der Waals surface area contributed by atoms with Gasteiger partial charge in [0.25, 0.3) is 0 Å². The molecule has 1 fully saturated rings. The van der Waals surface area contributed by atoms with Gasteiger partial charge in [-0.2, -0.15) is 0 Å². The fourth-order valence-corrected chi connectivity index (χ4v) is 2.44. The van der Waals surface area contributed by atoms with Crippen LogP contribution in [0.4, 0.5) is 0 Å². The van der Waals surface area contributed by atoms with Crippen LogP contribution in [0.15, 0.2) is 27.8 Å². The summed E-state index contributed by atoms with van der Waals surface area (Å²) in [5, 5.41) is 9.25. The summed E-state index contributed by atoms with van der Waals surface area (Å²) in [7, 11) is 0. The molecule has 104 valence electrons. The molecular formula is C14H14N2O4. The van der Waals surface area contributed by atoms with Crippen molar-refractivity contribution in [3.63, 3.8) is 0 Å². The zero-order valence-corrected chi connectivity index (χ0v) is 10.8. The summed E-state index contributed by atoms with van der Waals surface area (Å²) in [6.07, 6.45) is 3.08. The lowest BCUT2D eigenvalue weighted by Crippen LogP contribution is -2.37. The van der Waals surface area contributed by atoms with Crippen molar-refractivity contribution in [3.05, 3.63) is 44.5 Å². The van der Waals surface area contributed by atoms with E-state index < -0.39 is 17.1 Å². The lowest BCUT2D eigenvalue weighted by Gasteiger charge is -2.11. The van der Waals surface area contributed by atoms with E-state index in [0.29, 0.717) is 23.5 Å². The van der Waals surface area contributed by atoms with Gasteiger partial charge < -0.3 is 14.7 Å². The number of para-hydroxylation sites is 1. The van der Waals surface area contributed by atoms with E-state index in [1.165, 1.54) is 10.6 Å². The first-order chi connectivity index (χ1) is 9.58. The Hall–Kier alpha value is -2.37. The number of aryl methyl sites for hydroxylation is 1. The van der Waals surface area contributed by atoms with Crippen molar-refractivity contribution < 1.29 is 9.90 Å². The Balaban J connectivity index is 2.26. The minimum absolute atomic E-state index is 0.0339. The molecule has 1 aromatic heterocycles. The lowest BCUT2D eigenvalue weighted by atomic mass is 10.1. The standard InChI is InChI=1S/C14H14N2O4/c17-12-13(18)16(7-6-8-4-5-8)11-9(14(19)20)2-1-3-10(11)15-12/h1-3,8H,4-7H2,(H,15,17)(H,19,20). The average Bonchev–Trinajstić information content (AvgIpc) is 3.22. The van der Waals surface area contributed by atoms with Crippen molar-refractivity contribution in [1.29, 1.82) is 0 Å². The molecule has 6 nitrogen and oxygen atoms in total. The first kappa shape index (κ1) is 12.7. The van der Waals surface area contributed by atoms with E-state index in [2.05, 4.69) is 4.98 Å². The number of hydrogen-bond acceptors (Lipinski definition) is 3. The van der Waals surface area contributed by atoms with Crippen LogP contribution < -0.4 is 11.1 Å². The fraction of sp³-hybridized carbons (Fsp3) is 0.357. The van der Waals surface area contributed by atoms with Crippen LogP contribution in [-0.2, 0) is 6.54 Å². The van der Waals surface area contributed by atoms with Crippen molar-refractivity contribution in [1.82, 2.24) is 9.55 Å². The summed E-state index contributed by atoms with van der Waals surface area (Å²) >= 11 is 0. The number of aromatic nitrogens is 2. The van der Waals surface area contributed by atoms with E-state index in [4.69, 9.17) is 0 Å². The number of aromatic carboxylic acids is 1. The number of carboxylic acids is 1. The zero-order valence-electron chi connectivity index (χ0n) is 10.8. The van der Waals surface area contributed by atoms with Gasteiger partial charge in [-0.3, -0.25) is 9.59 Å². The second-order valence-corrected chi connectivity index (χ2v) is 5.15. The number of hydrogen-bond donors (Lipinski definition) is 2. The molecule has 2 aromatic rings. The number of nitrogens with zero attached hydrogens (tertiary/aromatic N) is 1. The summed E-state index contributed by atoms with van der Waals surface area (Å²) in [6.45, 7) is 0.383. The Bertz CT molecular complexity index is 799. The SMILES string of the molecule is O=C(O)c1cccc2[nH]c(=O)c(=O)n(CCC3CC3)c12. The third-order valence-electron chi connectivity index (χ3n) is 3.68. The predicted octanol–water partition coefficient (Wildman–Crippen LogP) is 1.19. The molecule has 0 saturated heterocycles. The van der Waals surface area contributed by atoms with Gasteiger partial charge in [0.15, 0.2) is 0 Å². The van der Waals surface area contributed by atoms with Crippen LogP contribution >= 0.6 is 0 Å². The molecule has 0 atom stereocenters. The number of H-pyrrole nitrogens is 1. The monoisotopic (exact) mass is 274 g/mol. The maximum absolute atomic E-state index is 12.0. The van der Waals surface area contributed by atoms with Gasteiger partial charge in [-0.15, -0.1) is 0 Å². The van der Waals surface area contributed by atoms with Gasteiger partial charge in [-0.1, -0.05) is 18.9 Å². The van der Waals surface area contributed by atoms with Crippen molar-refractivity contribution in [2.24, 2.45) is 5.92 Å². The van der Waals surface area contributed by atoms with Crippen LogP contribution in [0.2, 0.25) is 0 Å². The summed E-state index contributed by atoms with van der Waals surface area (Å²) in [5.41, 5.74) is -0.690. The van der Waals surface area contributed by atoms with Gasteiger partial charge in [0.05, 0.1) is 16.6 Å². The molecule has 0 aliphatic heterocycles. The smallest absolute Gasteiger partial charge is 0.337 e.